The van der Waals surface area contributed by atoms with Gasteiger partial charge in [-0.2, -0.15) is 0 Å². The Morgan fingerprint density at radius 1 is 1.21 bits per heavy atom. The van der Waals surface area contributed by atoms with Crippen LogP contribution >= 0.6 is 0 Å². The molecule has 1 aromatic rings. The standard InChI is InChI=1S/C17H26N2O4S/c1-18(2)24(21,22)16-11-14(9-10-15(16)23-4)17(20)19(3)12-13-7-5-6-8-13/h9-11,13H,5-8,12H2,1-4H3. The zero-order valence-corrected chi connectivity index (χ0v) is 15.6. The number of hydrogen-bond donors (Lipinski definition) is 0. The SMILES string of the molecule is COc1ccc(C(=O)N(C)CC2CCCC2)cc1S(=O)(=O)N(C)C. The minimum absolute atomic E-state index is 0.00937. The van der Waals surface area contributed by atoms with Gasteiger partial charge in [-0.25, -0.2) is 12.7 Å². The maximum atomic E-state index is 12.7. The number of benzene rings is 1. The third-order valence-electron chi connectivity index (χ3n) is 4.52. The van der Waals surface area contributed by atoms with E-state index in [4.69, 9.17) is 4.74 Å². The second kappa shape index (κ2) is 7.53. The van der Waals surface area contributed by atoms with E-state index in [-0.39, 0.29) is 16.6 Å². The molecule has 0 saturated heterocycles. The molecule has 1 fully saturated rings. The average molecular weight is 354 g/mol. The monoisotopic (exact) mass is 354 g/mol. The lowest BCUT2D eigenvalue weighted by Gasteiger charge is -2.22. The Labute approximate surface area is 144 Å². The molecule has 0 aromatic heterocycles. The molecular weight excluding hydrogens is 328 g/mol. The number of ether oxygens (including phenoxy) is 1. The predicted molar refractivity (Wildman–Crippen MR) is 92.8 cm³/mol. The van der Waals surface area contributed by atoms with Gasteiger partial charge >= 0.3 is 0 Å². The fraction of sp³-hybridized carbons (Fsp3) is 0.588. The summed E-state index contributed by atoms with van der Waals surface area (Å²) in [4.78, 5) is 14.4. The van der Waals surface area contributed by atoms with Gasteiger partial charge in [-0.15, -0.1) is 0 Å². The second-order valence-corrected chi connectivity index (χ2v) is 8.61. The van der Waals surface area contributed by atoms with Crippen LogP contribution in [0.25, 0.3) is 0 Å². The quantitative estimate of drug-likeness (QED) is 0.785. The van der Waals surface area contributed by atoms with Gasteiger partial charge in [-0.1, -0.05) is 12.8 Å². The van der Waals surface area contributed by atoms with Gasteiger partial charge in [-0.05, 0) is 37.0 Å². The molecule has 0 radical (unpaired) electrons. The molecule has 0 unspecified atom stereocenters. The van der Waals surface area contributed by atoms with E-state index in [1.165, 1.54) is 46.2 Å². The van der Waals surface area contributed by atoms with Crippen molar-refractivity contribution in [2.75, 3.05) is 34.8 Å². The summed E-state index contributed by atoms with van der Waals surface area (Å²) in [6, 6.07) is 4.55. The molecule has 0 aliphatic heterocycles. The number of carbonyl (C=O) groups excluding carboxylic acids is 1. The van der Waals surface area contributed by atoms with E-state index >= 15 is 0 Å². The van der Waals surface area contributed by atoms with Gasteiger partial charge in [0.1, 0.15) is 10.6 Å². The molecule has 0 heterocycles. The summed E-state index contributed by atoms with van der Waals surface area (Å²) in [6.45, 7) is 0.709. The summed E-state index contributed by atoms with van der Waals surface area (Å²) in [5.74, 6) is 0.612. The molecule has 2 rings (SSSR count). The third kappa shape index (κ3) is 3.89. The third-order valence-corrected chi connectivity index (χ3v) is 6.36. The maximum Gasteiger partial charge on any atom is 0.253 e. The van der Waals surface area contributed by atoms with Crippen LogP contribution in [-0.4, -0.2) is 58.3 Å². The lowest BCUT2D eigenvalue weighted by Crippen LogP contribution is -2.31. The van der Waals surface area contributed by atoms with Crippen molar-refractivity contribution in [3.63, 3.8) is 0 Å². The van der Waals surface area contributed by atoms with Crippen molar-refractivity contribution in [3.05, 3.63) is 23.8 Å². The van der Waals surface area contributed by atoms with Crippen molar-refractivity contribution in [3.8, 4) is 5.75 Å². The number of carbonyl (C=O) groups is 1. The van der Waals surface area contributed by atoms with Crippen LogP contribution in [0.1, 0.15) is 36.0 Å². The summed E-state index contributed by atoms with van der Waals surface area (Å²) in [6.07, 6.45) is 4.75. The Bertz CT molecular complexity index is 695. The van der Waals surface area contributed by atoms with E-state index < -0.39 is 10.0 Å². The summed E-state index contributed by atoms with van der Waals surface area (Å²) in [7, 11) is 2.40. The highest BCUT2D eigenvalue weighted by Crippen LogP contribution is 2.28. The number of hydrogen-bond acceptors (Lipinski definition) is 4. The zero-order chi connectivity index (χ0) is 17.9. The summed E-state index contributed by atoms with van der Waals surface area (Å²) in [5.41, 5.74) is 0.358. The predicted octanol–water partition coefficient (Wildman–Crippen LogP) is 2.21. The molecule has 0 bridgehead atoms. The number of amides is 1. The zero-order valence-electron chi connectivity index (χ0n) is 14.8. The van der Waals surface area contributed by atoms with E-state index in [2.05, 4.69) is 0 Å². The Morgan fingerprint density at radius 2 is 1.83 bits per heavy atom. The Hall–Kier alpha value is -1.60. The largest absolute Gasteiger partial charge is 0.495 e. The smallest absolute Gasteiger partial charge is 0.253 e. The molecule has 1 aliphatic carbocycles. The van der Waals surface area contributed by atoms with Gasteiger partial charge in [-0.3, -0.25) is 4.79 Å². The van der Waals surface area contributed by atoms with Crippen LogP contribution in [0, 0.1) is 5.92 Å². The van der Waals surface area contributed by atoms with Crippen molar-refractivity contribution in [1.29, 1.82) is 0 Å². The normalized spacial score (nSPS) is 15.7. The van der Waals surface area contributed by atoms with Gasteiger partial charge in [0.2, 0.25) is 10.0 Å². The fourth-order valence-corrected chi connectivity index (χ4v) is 4.17. The van der Waals surface area contributed by atoms with E-state index in [1.807, 2.05) is 0 Å². The highest BCUT2D eigenvalue weighted by Gasteiger charge is 2.25. The van der Waals surface area contributed by atoms with Crippen molar-refractivity contribution < 1.29 is 17.9 Å². The number of methoxy groups -OCH3 is 1. The summed E-state index contributed by atoms with van der Waals surface area (Å²) in [5, 5.41) is 0. The lowest BCUT2D eigenvalue weighted by molar-refractivity contribution is 0.0773. The second-order valence-electron chi connectivity index (χ2n) is 6.49. The maximum absolute atomic E-state index is 12.7. The van der Waals surface area contributed by atoms with Crippen LogP contribution in [-0.2, 0) is 10.0 Å². The molecule has 134 valence electrons. The van der Waals surface area contributed by atoms with Crippen molar-refractivity contribution in [2.24, 2.45) is 5.92 Å². The molecule has 6 nitrogen and oxygen atoms in total. The molecule has 1 amide bonds. The Balaban J connectivity index is 2.28. The molecule has 0 atom stereocenters. The van der Waals surface area contributed by atoms with Crippen LogP contribution in [0.4, 0.5) is 0 Å². The van der Waals surface area contributed by atoms with Crippen LogP contribution < -0.4 is 4.74 Å². The first-order valence-corrected chi connectivity index (χ1v) is 9.57. The minimum atomic E-state index is -3.69. The molecule has 7 heteroatoms. The highest BCUT2D eigenvalue weighted by molar-refractivity contribution is 7.89. The molecule has 1 saturated carbocycles. The Kier molecular flexibility index (Phi) is 5.87. The van der Waals surface area contributed by atoms with Gasteiger partial charge in [0.05, 0.1) is 7.11 Å². The van der Waals surface area contributed by atoms with Gasteiger partial charge in [0, 0.05) is 33.3 Å². The van der Waals surface area contributed by atoms with Crippen molar-refractivity contribution in [2.45, 2.75) is 30.6 Å². The molecule has 0 N–H and O–H groups in total. The van der Waals surface area contributed by atoms with E-state index in [9.17, 15) is 13.2 Å². The van der Waals surface area contributed by atoms with Crippen LogP contribution in [0.15, 0.2) is 23.1 Å². The Morgan fingerprint density at radius 3 is 2.38 bits per heavy atom. The van der Waals surface area contributed by atoms with Crippen LogP contribution in [0.2, 0.25) is 0 Å². The first-order valence-electron chi connectivity index (χ1n) is 8.13. The van der Waals surface area contributed by atoms with Crippen molar-refractivity contribution >= 4 is 15.9 Å². The first kappa shape index (κ1) is 18.7. The fourth-order valence-electron chi connectivity index (χ4n) is 3.09. The number of rotatable bonds is 6. The molecule has 1 aliphatic rings. The number of nitrogens with zero attached hydrogens (tertiary/aromatic N) is 2. The molecule has 0 spiro atoms. The topological polar surface area (TPSA) is 66.9 Å². The van der Waals surface area contributed by atoms with E-state index in [0.29, 0.717) is 18.0 Å². The molecule has 24 heavy (non-hydrogen) atoms. The molecule has 1 aromatic carbocycles. The van der Waals surface area contributed by atoms with Crippen LogP contribution in [0.3, 0.4) is 0 Å². The number of sulfonamides is 1. The molecular formula is C17H26N2O4S. The summed E-state index contributed by atoms with van der Waals surface area (Å²) < 4.78 is 31.2. The van der Waals surface area contributed by atoms with E-state index in [0.717, 1.165) is 17.1 Å². The van der Waals surface area contributed by atoms with E-state index in [1.54, 1.807) is 18.0 Å². The minimum Gasteiger partial charge on any atom is -0.495 e. The van der Waals surface area contributed by atoms with Crippen molar-refractivity contribution in [1.82, 2.24) is 9.21 Å². The lowest BCUT2D eigenvalue weighted by atomic mass is 10.1. The van der Waals surface area contributed by atoms with Gasteiger partial charge in [0.15, 0.2) is 0 Å². The van der Waals surface area contributed by atoms with Gasteiger partial charge < -0.3 is 9.64 Å². The average Bonchev–Trinajstić information content (AvgIpc) is 3.06. The van der Waals surface area contributed by atoms with Crippen LogP contribution in [0.5, 0.6) is 5.75 Å². The highest BCUT2D eigenvalue weighted by atomic mass is 32.2. The summed E-state index contributed by atoms with van der Waals surface area (Å²) >= 11 is 0. The van der Waals surface area contributed by atoms with Gasteiger partial charge in [0.25, 0.3) is 5.91 Å². The first-order chi connectivity index (χ1) is 11.3.